The second-order valence-electron chi connectivity index (χ2n) is 6.30. The molecule has 0 atom stereocenters. The molecule has 2 aromatic heterocycles. The van der Waals surface area contributed by atoms with Crippen molar-refractivity contribution in [3.05, 3.63) is 58.7 Å². The number of aromatic amines is 1. The van der Waals surface area contributed by atoms with E-state index in [4.69, 9.17) is 0 Å². The summed E-state index contributed by atoms with van der Waals surface area (Å²) in [5.41, 5.74) is 3.05. The number of hydrogen-bond donors (Lipinski definition) is 3. The van der Waals surface area contributed by atoms with E-state index in [1.807, 2.05) is 19.1 Å². The maximum atomic E-state index is 12.6. The predicted octanol–water partition coefficient (Wildman–Crippen LogP) is 3.16. The minimum atomic E-state index is -3.57. The highest BCUT2D eigenvalue weighted by molar-refractivity contribution is 7.89. The van der Waals surface area contributed by atoms with E-state index >= 15 is 0 Å². The Kier molecular flexibility index (Phi) is 4.91. The first-order chi connectivity index (χ1) is 13.9. The Hall–Kier alpha value is -3.08. The molecule has 10 heteroatoms. The molecule has 0 radical (unpaired) electrons. The lowest BCUT2D eigenvalue weighted by molar-refractivity contribution is 0.102. The number of hydrogen-bond acceptors (Lipinski definition) is 6. The highest BCUT2D eigenvalue weighted by Crippen LogP contribution is 2.31. The minimum absolute atomic E-state index is 0.158. The van der Waals surface area contributed by atoms with Crippen molar-refractivity contribution in [3.63, 3.8) is 0 Å². The van der Waals surface area contributed by atoms with Gasteiger partial charge in [0.05, 0.1) is 27.3 Å². The average Bonchev–Trinajstić information content (AvgIpc) is 3.37. The SMILES string of the molecule is CNS(=O)(=O)c1cccc(-c2cc(NC(=O)c3csc(C)n3)c3cn[nH]c3c2)c1. The van der Waals surface area contributed by atoms with Gasteiger partial charge in [0.2, 0.25) is 10.0 Å². The van der Waals surface area contributed by atoms with Gasteiger partial charge >= 0.3 is 0 Å². The molecule has 0 bridgehead atoms. The summed E-state index contributed by atoms with van der Waals surface area (Å²) >= 11 is 1.40. The second-order valence-corrected chi connectivity index (χ2v) is 9.25. The predicted molar refractivity (Wildman–Crippen MR) is 113 cm³/mol. The van der Waals surface area contributed by atoms with Gasteiger partial charge in [0.15, 0.2) is 0 Å². The molecule has 148 valence electrons. The Morgan fingerprint density at radius 3 is 2.72 bits per heavy atom. The summed E-state index contributed by atoms with van der Waals surface area (Å²) in [5.74, 6) is -0.319. The van der Waals surface area contributed by atoms with Crippen molar-refractivity contribution in [1.29, 1.82) is 0 Å². The fraction of sp³-hybridized carbons (Fsp3) is 0.105. The molecule has 0 aliphatic carbocycles. The number of anilines is 1. The molecule has 4 rings (SSSR count). The molecule has 0 aliphatic heterocycles. The van der Waals surface area contributed by atoms with E-state index in [2.05, 4.69) is 25.2 Å². The van der Waals surface area contributed by atoms with Crippen molar-refractivity contribution in [2.75, 3.05) is 12.4 Å². The smallest absolute Gasteiger partial charge is 0.275 e. The number of rotatable bonds is 5. The number of sulfonamides is 1. The molecular formula is C19H17N5O3S2. The van der Waals surface area contributed by atoms with E-state index in [1.165, 1.54) is 24.5 Å². The van der Waals surface area contributed by atoms with Gasteiger partial charge in [0, 0.05) is 10.8 Å². The second kappa shape index (κ2) is 7.39. The molecule has 2 aromatic carbocycles. The molecule has 0 fully saturated rings. The zero-order valence-corrected chi connectivity index (χ0v) is 17.2. The zero-order chi connectivity index (χ0) is 20.6. The summed E-state index contributed by atoms with van der Waals surface area (Å²) < 4.78 is 26.6. The van der Waals surface area contributed by atoms with Gasteiger partial charge in [-0.2, -0.15) is 5.10 Å². The van der Waals surface area contributed by atoms with Crippen LogP contribution in [0.4, 0.5) is 5.69 Å². The molecule has 2 heterocycles. The molecule has 0 aliphatic rings. The van der Waals surface area contributed by atoms with Crippen molar-refractivity contribution in [2.24, 2.45) is 0 Å². The lowest BCUT2D eigenvalue weighted by Crippen LogP contribution is -2.18. The van der Waals surface area contributed by atoms with Gasteiger partial charge in [-0.25, -0.2) is 18.1 Å². The number of carbonyl (C=O) groups excluding carboxylic acids is 1. The maximum absolute atomic E-state index is 12.6. The molecule has 0 spiro atoms. The molecule has 29 heavy (non-hydrogen) atoms. The first kappa shape index (κ1) is 19.2. The molecule has 0 saturated heterocycles. The number of nitrogens with zero attached hydrogens (tertiary/aromatic N) is 2. The average molecular weight is 428 g/mol. The fourth-order valence-corrected chi connectivity index (χ4v) is 4.30. The zero-order valence-electron chi connectivity index (χ0n) is 15.6. The summed E-state index contributed by atoms with van der Waals surface area (Å²) in [7, 11) is -2.20. The van der Waals surface area contributed by atoms with Crippen molar-refractivity contribution >= 4 is 43.9 Å². The van der Waals surface area contributed by atoms with Crippen LogP contribution in [0, 0.1) is 6.92 Å². The lowest BCUT2D eigenvalue weighted by atomic mass is 10.0. The molecular weight excluding hydrogens is 410 g/mol. The number of aromatic nitrogens is 3. The minimum Gasteiger partial charge on any atom is -0.320 e. The molecule has 4 aromatic rings. The third kappa shape index (κ3) is 3.77. The fourth-order valence-electron chi connectivity index (χ4n) is 2.94. The number of fused-ring (bicyclic) bond motifs is 1. The lowest BCUT2D eigenvalue weighted by Gasteiger charge is -2.10. The first-order valence-corrected chi connectivity index (χ1v) is 11.0. The Labute approximate surface area is 171 Å². The number of carbonyl (C=O) groups is 1. The van der Waals surface area contributed by atoms with Crippen LogP contribution in [0.25, 0.3) is 22.0 Å². The van der Waals surface area contributed by atoms with Crippen LogP contribution in [0.1, 0.15) is 15.5 Å². The van der Waals surface area contributed by atoms with E-state index in [0.717, 1.165) is 16.0 Å². The van der Waals surface area contributed by atoms with Gasteiger partial charge in [-0.1, -0.05) is 12.1 Å². The third-order valence-electron chi connectivity index (χ3n) is 4.40. The number of H-pyrrole nitrogens is 1. The first-order valence-electron chi connectivity index (χ1n) is 8.62. The van der Waals surface area contributed by atoms with Crippen LogP contribution in [-0.2, 0) is 10.0 Å². The van der Waals surface area contributed by atoms with Gasteiger partial charge in [0.1, 0.15) is 5.69 Å². The number of aryl methyl sites for hydroxylation is 1. The van der Waals surface area contributed by atoms with E-state index < -0.39 is 10.0 Å². The Morgan fingerprint density at radius 2 is 2.00 bits per heavy atom. The highest BCUT2D eigenvalue weighted by atomic mass is 32.2. The number of benzene rings is 2. The van der Waals surface area contributed by atoms with Gasteiger partial charge in [-0.05, 0) is 49.4 Å². The molecule has 8 nitrogen and oxygen atoms in total. The topological polar surface area (TPSA) is 117 Å². The summed E-state index contributed by atoms with van der Waals surface area (Å²) in [6, 6.07) is 10.2. The number of amides is 1. The quantitative estimate of drug-likeness (QED) is 0.452. The molecule has 1 amide bonds. The molecule has 0 saturated carbocycles. The van der Waals surface area contributed by atoms with Gasteiger partial charge < -0.3 is 5.32 Å². The van der Waals surface area contributed by atoms with Crippen LogP contribution in [0.15, 0.2) is 52.9 Å². The summed E-state index contributed by atoms with van der Waals surface area (Å²) in [6.45, 7) is 1.84. The standard InChI is InChI=1S/C19H17N5O3S2/c1-11-22-18(10-28-11)19(25)23-16-7-13(8-17-15(16)9-21-24-17)12-4-3-5-14(6-12)29(26,27)20-2/h3-10,20H,1-2H3,(H,21,24)(H,23,25). The van der Waals surface area contributed by atoms with Crippen molar-refractivity contribution in [1.82, 2.24) is 19.9 Å². The van der Waals surface area contributed by atoms with Gasteiger partial charge in [-0.3, -0.25) is 9.89 Å². The summed E-state index contributed by atoms with van der Waals surface area (Å²) in [4.78, 5) is 17.0. The van der Waals surface area contributed by atoms with E-state index in [0.29, 0.717) is 22.5 Å². The Balaban J connectivity index is 1.77. The van der Waals surface area contributed by atoms with Crippen LogP contribution in [-0.4, -0.2) is 36.6 Å². The third-order valence-corrected chi connectivity index (χ3v) is 6.59. The Morgan fingerprint density at radius 1 is 1.17 bits per heavy atom. The summed E-state index contributed by atoms with van der Waals surface area (Å²) in [5, 5.41) is 13.1. The van der Waals surface area contributed by atoms with Gasteiger partial charge in [-0.15, -0.1) is 11.3 Å². The van der Waals surface area contributed by atoms with Crippen LogP contribution in [0.3, 0.4) is 0 Å². The maximum Gasteiger partial charge on any atom is 0.275 e. The molecule has 3 N–H and O–H groups in total. The molecule has 0 unspecified atom stereocenters. The van der Waals surface area contributed by atoms with E-state index in [1.54, 1.807) is 29.8 Å². The van der Waals surface area contributed by atoms with E-state index in [-0.39, 0.29) is 10.8 Å². The van der Waals surface area contributed by atoms with Crippen molar-refractivity contribution < 1.29 is 13.2 Å². The summed E-state index contributed by atoms with van der Waals surface area (Å²) in [6.07, 6.45) is 1.63. The number of thiazole rings is 1. The van der Waals surface area contributed by atoms with Gasteiger partial charge in [0.25, 0.3) is 5.91 Å². The monoisotopic (exact) mass is 427 g/mol. The largest absolute Gasteiger partial charge is 0.320 e. The van der Waals surface area contributed by atoms with Crippen LogP contribution < -0.4 is 10.0 Å². The van der Waals surface area contributed by atoms with Crippen molar-refractivity contribution in [2.45, 2.75) is 11.8 Å². The normalized spacial score (nSPS) is 11.7. The van der Waals surface area contributed by atoms with Crippen LogP contribution in [0.2, 0.25) is 0 Å². The van der Waals surface area contributed by atoms with Crippen LogP contribution >= 0.6 is 11.3 Å². The number of nitrogens with one attached hydrogen (secondary N) is 3. The van der Waals surface area contributed by atoms with E-state index in [9.17, 15) is 13.2 Å². The van der Waals surface area contributed by atoms with Crippen molar-refractivity contribution in [3.8, 4) is 11.1 Å². The highest BCUT2D eigenvalue weighted by Gasteiger charge is 2.16. The Bertz CT molecular complexity index is 1320. The van der Waals surface area contributed by atoms with Crippen LogP contribution in [0.5, 0.6) is 0 Å².